The number of hydrogen-bond acceptors (Lipinski definition) is 3. The van der Waals surface area contributed by atoms with Crippen molar-refractivity contribution in [1.82, 2.24) is 9.21 Å². The Morgan fingerprint density at radius 1 is 1.24 bits per heavy atom. The Hall–Kier alpha value is -0.0400. The summed E-state index contributed by atoms with van der Waals surface area (Å²) in [6.07, 6.45) is 0. The average molecular weight is 372 g/mol. The van der Waals surface area contributed by atoms with Crippen LogP contribution in [-0.2, 0) is 15.9 Å². The van der Waals surface area contributed by atoms with Crippen LogP contribution in [0.5, 0.6) is 0 Å². The van der Waals surface area contributed by atoms with Crippen LogP contribution in [0.1, 0.15) is 12.5 Å². The third kappa shape index (κ3) is 3.49. The fourth-order valence-corrected chi connectivity index (χ4v) is 4.88. The highest BCUT2D eigenvalue weighted by molar-refractivity contribution is 7.89. The van der Waals surface area contributed by atoms with Crippen molar-refractivity contribution in [3.8, 4) is 0 Å². The van der Waals surface area contributed by atoms with Gasteiger partial charge in [-0.25, -0.2) is 8.42 Å². The number of likely N-dealkylation sites (N-methyl/N-ethyl adjacent to an activating group) is 1. The average Bonchev–Trinajstić information content (AvgIpc) is 2.41. The lowest BCUT2D eigenvalue weighted by Gasteiger charge is -2.37. The summed E-state index contributed by atoms with van der Waals surface area (Å²) < 4.78 is 27.0. The Labute approximate surface area is 140 Å². The molecule has 118 valence electrons. The molecule has 1 fully saturated rings. The lowest BCUT2D eigenvalue weighted by molar-refractivity contribution is 0.159. The molecule has 0 amide bonds. The molecule has 0 radical (unpaired) electrons. The van der Waals surface area contributed by atoms with E-state index in [1.54, 1.807) is 0 Å². The van der Waals surface area contributed by atoms with E-state index in [4.69, 9.17) is 34.8 Å². The number of benzene rings is 1. The number of rotatable bonds is 3. The van der Waals surface area contributed by atoms with E-state index in [1.807, 2.05) is 14.0 Å². The molecule has 2 rings (SSSR count). The fraction of sp³-hybridized carbons (Fsp3) is 0.538. The third-order valence-corrected chi connectivity index (χ3v) is 6.75. The van der Waals surface area contributed by atoms with Crippen molar-refractivity contribution in [1.29, 1.82) is 0 Å². The maximum atomic E-state index is 12.8. The van der Waals surface area contributed by atoms with Crippen LogP contribution < -0.4 is 0 Å². The quantitative estimate of drug-likeness (QED) is 0.767. The van der Waals surface area contributed by atoms with Crippen LogP contribution in [0.2, 0.25) is 10.0 Å². The van der Waals surface area contributed by atoms with Gasteiger partial charge in [0.15, 0.2) is 0 Å². The highest BCUT2D eigenvalue weighted by Crippen LogP contribution is 2.32. The first-order valence-corrected chi connectivity index (χ1v) is 9.24. The van der Waals surface area contributed by atoms with E-state index >= 15 is 0 Å². The first-order valence-electron chi connectivity index (χ1n) is 6.51. The van der Waals surface area contributed by atoms with Crippen LogP contribution in [0, 0.1) is 0 Å². The van der Waals surface area contributed by atoms with Crippen LogP contribution in [0.4, 0.5) is 0 Å². The predicted octanol–water partition coefficient (Wildman–Crippen LogP) is 3.06. The number of sulfonamides is 1. The number of alkyl halides is 1. The van der Waals surface area contributed by atoms with Gasteiger partial charge < -0.3 is 4.90 Å². The van der Waals surface area contributed by atoms with Gasteiger partial charge in [-0.05, 0) is 31.7 Å². The number of halogens is 3. The van der Waals surface area contributed by atoms with Crippen molar-refractivity contribution in [3.63, 3.8) is 0 Å². The van der Waals surface area contributed by atoms with E-state index in [-0.39, 0.29) is 21.8 Å². The molecule has 0 N–H and O–H groups in total. The molecule has 4 nitrogen and oxygen atoms in total. The normalized spacial score (nSPS) is 21.7. The van der Waals surface area contributed by atoms with Gasteiger partial charge in [0.05, 0.1) is 5.02 Å². The van der Waals surface area contributed by atoms with Gasteiger partial charge in [0.1, 0.15) is 4.90 Å². The van der Waals surface area contributed by atoms with Crippen LogP contribution in [0.25, 0.3) is 0 Å². The summed E-state index contributed by atoms with van der Waals surface area (Å²) in [5, 5.41) is 0.501. The van der Waals surface area contributed by atoms with E-state index in [1.165, 1.54) is 16.4 Å². The van der Waals surface area contributed by atoms with Gasteiger partial charge in [0.2, 0.25) is 10.0 Å². The second-order valence-electron chi connectivity index (χ2n) is 5.20. The van der Waals surface area contributed by atoms with E-state index in [9.17, 15) is 8.42 Å². The highest BCUT2D eigenvalue weighted by atomic mass is 35.5. The Morgan fingerprint density at radius 2 is 1.90 bits per heavy atom. The Balaban J connectivity index is 2.40. The van der Waals surface area contributed by atoms with E-state index in [2.05, 4.69) is 4.90 Å². The fourth-order valence-electron chi connectivity index (χ4n) is 2.24. The molecule has 1 saturated heterocycles. The van der Waals surface area contributed by atoms with Crippen molar-refractivity contribution < 1.29 is 8.42 Å². The van der Waals surface area contributed by atoms with Crippen molar-refractivity contribution in [2.75, 3.05) is 26.7 Å². The van der Waals surface area contributed by atoms with E-state index < -0.39 is 10.0 Å². The molecule has 0 aromatic heterocycles. The zero-order valence-corrected chi connectivity index (χ0v) is 14.9. The molecule has 1 aliphatic rings. The molecule has 0 bridgehead atoms. The molecule has 1 unspecified atom stereocenters. The molecule has 1 heterocycles. The topological polar surface area (TPSA) is 40.6 Å². The number of piperazine rings is 1. The number of hydrogen-bond donors (Lipinski definition) is 0. The first-order chi connectivity index (χ1) is 9.77. The van der Waals surface area contributed by atoms with E-state index in [0.29, 0.717) is 30.2 Å². The van der Waals surface area contributed by atoms with Gasteiger partial charge >= 0.3 is 0 Å². The van der Waals surface area contributed by atoms with Gasteiger partial charge in [-0.1, -0.05) is 23.2 Å². The maximum absolute atomic E-state index is 12.8. The minimum Gasteiger partial charge on any atom is -0.301 e. The second kappa shape index (κ2) is 6.60. The SMILES string of the molecule is CC1CN(S(=O)(=O)c2cc(CCl)c(Cl)cc2Cl)CCN1C. The largest absolute Gasteiger partial charge is 0.301 e. The molecule has 0 saturated carbocycles. The second-order valence-corrected chi connectivity index (χ2v) is 8.19. The standard InChI is InChI=1S/C13H17Cl3N2O2S/c1-9-8-18(4-3-17(9)2)21(19,20)13-5-10(7-14)11(15)6-12(13)16/h5-6,9H,3-4,7-8H2,1-2H3. The Morgan fingerprint density at radius 3 is 2.48 bits per heavy atom. The van der Waals surface area contributed by atoms with Gasteiger partial charge in [-0.3, -0.25) is 0 Å². The van der Waals surface area contributed by atoms with Crippen molar-refractivity contribution >= 4 is 44.8 Å². The molecule has 1 atom stereocenters. The third-order valence-electron chi connectivity index (χ3n) is 3.79. The summed E-state index contributed by atoms with van der Waals surface area (Å²) in [4.78, 5) is 2.20. The summed E-state index contributed by atoms with van der Waals surface area (Å²) in [6.45, 7) is 3.57. The molecule has 0 spiro atoms. The molecular weight excluding hydrogens is 355 g/mol. The van der Waals surface area contributed by atoms with Crippen LogP contribution >= 0.6 is 34.8 Å². The summed E-state index contributed by atoms with van der Waals surface area (Å²) in [6, 6.07) is 3.07. The predicted molar refractivity (Wildman–Crippen MR) is 86.9 cm³/mol. The lowest BCUT2D eigenvalue weighted by atomic mass is 10.2. The lowest BCUT2D eigenvalue weighted by Crippen LogP contribution is -2.51. The number of nitrogens with zero attached hydrogens (tertiary/aromatic N) is 2. The maximum Gasteiger partial charge on any atom is 0.244 e. The minimum absolute atomic E-state index is 0.0703. The van der Waals surface area contributed by atoms with Gasteiger partial charge in [-0.15, -0.1) is 11.6 Å². The zero-order chi connectivity index (χ0) is 15.8. The van der Waals surface area contributed by atoms with Crippen LogP contribution in [0.3, 0.4) is 0 Å². The zero-order valence-electron chi connectivity index (χ0n) is 11.8. The first kappa shape index (κ1) is 17.3. The summed E-state index contributed by atoms with van der Waals surface area (Å²) >= 11 is 17.9. The van der Waals surface area contributed by atoms with Gasteiger partial charge in [-0.2, -0.15) is 4.31 Å². The molecule has 1 aliphatic heterocycles. The van der Waals surface area contributed by atoms with Crippen molar-refractivity contribution in [2.24, 2.45) is 0 Å². The summed E-state index contributed by atoms with van der Waals surface area (Å²) in [5.74, 6) is 0.137. The smallest absolute Gasteiger partial charge is 0.244 e. The monoisotopic (exact) mass is 370 g/mol. The van der Waals surface area contributed by atoms with Gasteiger partial charge in [0, 0.05) is 36.6 Å². The molecule has 1 aromatic carbocycles. The molecule has 21 heavy (non-hydrogen) atoms. The van der Waals surface area contributed by atoms with Gasteiger partial charge in [0.25, 0.3) is 0 Å². The summed E-state index contributed by atoms with van der Waals surface area (Å²) in [5.41, 5.74) is 0.559. The van der Waals surface area contributed by atoms with E-state index in [0.717, 1.165) is 0 Å². The molecule has 8 heteroatoms. The molecule has 0 aliphatic carbocycles. The minimum atomic E-state index is -3.64. The summed E-state index contributed by atoms with van der Waals surface area (Å²) in [7, 11) is -1.66. The molecular formula is C13H17Cl3N2O2S. The van der Waals surface area contributed by atoms with Crippen LogP contribution in [0.15, 0.2) is 17.0 Å². The van der Waals surface area contributed by atoms with Crippen LogP contribution in [-0.4, -0.2) is 50.3 Å². The van der Waals surface area contributed by atoms with Crippen molar-refractivity contribution in [2.45, 2.75) is 23.7 Å². The van der Waals surface area contributed by atoms with Crippen molar-refractivity contribution in [3.05, 3.63) is 27.7 Å². The Kier molecular flexibility index (Phi) is 5.45. The molecule has 1 aromatic rings. The Bertz CT molecular complexity index is 637. The highest BCUT2D eigenvalue weighted by Gasteiger charge is 2.32.